The third kappa shape index (κ3) is 1.91. The Labute approximate surface area is 75.8 Å². The van der Waals surface area contributed by atoms with E-state index in [9.17, 15) is 9.59 Å². The van der Waals surface area contributed by atoms with Gasteiger partial charge in [0.1, 0.15) is 6.04 Å². The van der Waals surface area contributed by atoms with Crippen LogP contribution in [0.3, 0.4) is 0 Å². The van der Waals surface area contributed by atoms with Gasteiger partial charge in [-0.25, -0.2) is 9.59 Å². The van der Waals surface area contributed by atoms with Crippen molar-refractivity contribution in [3.05, 3.63) is 0 Å². The zero-order valence-electron chi connectivity index (χ0n) is 7.20. The van der Waals surface area contributed by atoms with Gasteiger partial charge in [0.25, 0.3) is 0 Å². The molecular weight excluding hydrogens is 168 g/mol. The summed E-state index contributed by atoms with van der Waals surface area (Å²) >= 11 is 0. The van der Waals surface area contributed by atoms with Crippen LogP contribution in [0.1, 0.15) is 19.8 Å². The Balaban J connectivity index is 3.05. The van der Waals surface area contributed by atoms with Gasteiger partial charge in [0.15, 0.2) is 5.54 Å². The van der Waals surface area contributed by atoms with Gasteiger partial charge in [-0.2, -0.15) is 9.98 Å². The van der Waals surface area contributed by atoms with Crippen molar-refractivity contribution in [1.82, 2.24) is 0 Å². The molecule has 66 valence electrons. The highest BCUT2D eigenvalue weighted by Crippen LogP contribution is 2.24. The summed E-state index contributed by atoms with van der Waals surface area (Å²) in [7, 11) is 0. The van der Waals surface area contributed by atoms with E-state index in [0.29, 0.717) is 12.8 Å². The molecule has 2 unspecified atom stereocenters. The van der Waals surface area contributed by atoms with Gasteiger partial charge in [-0.05, 0) is 13.3 Å². The number of aliphatic imine (C=N–C) groups is 2. The molecule has 0 aliphatic heterocycles. The van der Waals surface area contributed by atoms with Gasteiger partial charge in [0.2, 0.25) is 12.2 Å². The fourth-order valence-electron chi connectivity index (χ4n) is 1.27. The topological polar surface area (TPSA) is 58.9 Å². The Morgan fingerprint density at radius 1 is 1.46 bits per heavy atom. The monoisotopic (exact) mass is 176 g/mol. The maximum atomic E-state index is 10.1. The van der Waals surface area contributed by atoms with Crippen molar-refractivity contribution in [1.29, 1.82) is 0 Å². The zero-order chi connectivity index (χ0) is 9.73. The van der Waals surface area contributed by atoms with Gasteiger partial charge < -0.3 is 0 Å². The van der Waals surface area contributed by atoms with Gasteiger partial charge in [0, 0.05) is 6.42 Å². The van der Waals surface area contributed by atoms with Crippen LogP contribution in [0.5, 0.6) is 0 Å². The van der Waals surface area contributed by atoms with Gasteiger partial charge in [-0.15, -0.1) is 5.92 Å². The molecule has 0 bridgehead atoms. The Kier molecular flexibility index (Phi) is 2.76. The lowest BCUT2D eigenvalue weighted by Gasteiger charge is -2.25. The summed E-state index contributed by atoms with van der Waals surface area (Å²) in [5.41, 5.74) is -0.891. The summed E-state index contributed by atoms with van der Waals surface area (Å²) in [6, 6.07) is -0.368. The maximum absolute atomic E-state index is 10.1. The number of hydrogen-bond acceptors (Lipinski definition) is 4. The highest BCUT2D eigenvalue weighted by atomic mass is 16.1. The average Bonchev–Trinajstić information content (AvgIpc) is 2.10. The second-order valence-corrected chi connectivity index (χ2v) is 2.93. The van der Waals surface area contributed by atoms with Crippen LogP contribution in [0.15, 0.2) is 9.98 Å². The van der Waals surface area contributed by atoms with E-state index in [1.807, 2.05) is 0 Å². The van der Waals surface area contributed by atoms with E-state index in [2.05, 4.69) is 21.8 Å². The lowest BCUT2D eigenvalue weighted by Crippen LogP contribution is -2.36. The average molecular weight is 176 g/mol. The molecule has 4 nitrogen and oxygen atoms in total. The van der Waals surface area contributed by atoms with E-state index in [1.165, 1.54) is 12.2 Å². The minimum Gasteiger partial charge on any atom is -0.211 e. The van der Waals surface area contributed by atoms with Crippen molar-refractivity contribution in [2.75, 3.05) is 0 Å². The molecule has 13 heavy (non-hydrogen) atoms. The first-order valence-electron chi connectivity index (χ1n) is 3.89. The van der Waals surface area contributed by atoms with Crippen LogP contribution in [0.4, 0.5) is 0 Å². The molecule has 0 spiro atoms. The summed E-state index contributed by atoms with van der Waals surface area (Å²) in [4.78, 5) is 27.4. The molecule has 0 fully saturated rings. The fraction of sp³-hybridized carbons (Fsp3) is 0.556. The highest BCUT2D eigenvalue weighted by molar-refractivity contribution is 5.42. The van der Waals surface area contributed by atoms with Crippen LogP contribution in [0.25, 0.3) is 0 Å². The molecule has 1 aliphatic carbocycles. The van der Waals surface area contributed by atoms with E-state index in [4.69, 9.17) is 0 Å². The Bertz CT molecular complexity index is 354. The molecule has 0 aromatic rings. The maximum Gasteiger partial charge on any atom is 0.236 e. The van der Waals surface area contributed by atoms with E-state index >= 15 is 0 Å². The second-order valence-electron chi connectivity index (χ2n) is 2.93. The fourth-order valence-corrected chi connectivity index (χ4v) is 1.27. The molecule has 0 aromatic heterocycles. The quantitative estimate of drug-likeness (QED) is 0.351. The normalized spacial score (nSPS) is 30.4. The standard InChI is InChI=1S/C9H8N2O2/c1-9(11-7-13)5-3-2-4-8(9)10-6-12/h8H,2,4H2,1H3. The minimum atomic E-state index is -0.891. The molecule has 0 N–H and O–H groups in total. The molecule has 0 saturated heterocycles. The largest absolute Gasteiger partial charge is 0.236 e. The summed E-state index contributed by atoms with van der Waals surface area (Å²) in [5, 5.41) is 0. The van der Waals surface area contributed by atoms with E-state index in [1.54, 1.807) is 6.92 Å². The number of nitrogens with zero attached hydrogens (tertiary/aromatic N) is 2. The number of hydrogen-bond donors (Lipinski definition) is 0. The van der Waals surface area contributed by atoms with E-state index < -0.39 is 5.54 Å². The molecule has 0 radical (unpaired) electrons. The van der Waals surface area contributed by atoms with Crippen LogP contribution in [-0.4, -0.2) is 23.7 Å². The van der Waals surface area contributed by atoms with Crippen molar-refractivity contribution < 1.29 is 9.59 Å². The van der Waals surface area contributed by atoms with Crippen molar-refractivity contribution in [3.8, 4) is 11.8 Å². The second kappa shape index (κ2) is 3.82. The summed E-state index contributed by atoms with van der Waals surface area (Å²) in [6.45, 7) is 1.66. The molecule has 0 heterocycles. The zero-order valence-corrected chi connectivity index (χ0v) is 7.20. The van der Waals surface area contributed by atoms with Gasteiger partial charge in [-0.1, -0.05) is 5.92 Å². The molecule has 1 aliphatic rings. The first-order chi connectivity index (χ1) is 6.23. The third-order valence-corrected chi connectivity index (χ3v) is 2.02. The number of isocyanates is 2. The Morgan fingerprint density at radius 3 is 2.85 bits per heavy atom. The molecule has 0 amide bonds. The van der Waals surface area contributed by atoms with Crippen LogP contribution in [0.2, 0.25) is 0 Å². The van der Waals surface area contributed by atoms with E-state index in [-0.39, 0.29) is 6.04 Å². The van der Waals surface area contributed by atoms with Crippen LogP contribution in [-0.2, 0) is 9.59 Å². The first-order valence-corrected chi connectivity index (χ1v) is 3.89. The van der Waals surface area contributed by atoms with Crippen LogP contribution >= 0.6 is 0 Å². The number of carbonyl (C=O) groups excluding carboxylic acids is 2. The number of rotatable bonds is 2. The van der Waals surface area contributed by atoms with Gasteiger partial charge in [0.05, 0.1) is 0 Å². The van der Waals surface area contributed by atoms with Gasteiger partial charge >= 0.3 is 0 Å². The Hall–Kier alpha value is -1.68. The smallest absolute Gasteiger partial charge is 0.211 e. The predicted octanol–water partition coefficient (Wildman–Crippen LogP) is 0.583. The molecule has 2 atom stereocenters. The molecular formula is C9H8N2O2. The molecule has 4 heteroatoms. The van der Waals surface area contributed by atoms with Crippen molar-refractivity contribution in [3.63, 3.8) is 0 Å². The summed E-state index contributed by atoms with van der Waals surface area (Å²) in [6.07, 6.45) is 4.21. The van der Waals surface area contributed by atoms with Crippen LogP contribution < -0.4 is 0 Å². The molecule has 1 rings (SSSR count). The molecule has 0 aromatic carbocycles. The summed E-state index contributed by atoms with van der Waals surface area (Å²) < 4.78 is 0. The van der Waals surface area contributed by atoms with E-state index in [0.717, 1.165) is 0 Å². The molecule has 0 saturated carbocycles. The lowest BCUT2D eigenvalue weighted by molar-refractivity contribution is 0.434. The summed E-state index contributed by atoms with van der Waals surface area (Å²) in [5.74, 6) is 5.62. The lowest BCUT2D eigenvalue weighted by atomic mass is 9.87. The third-order valence-electron chi connectivity index (χ3n) is 2.02. The first kappa shape index (κ1) is 9.41. The Morgan fingerprint density at radius 2 is 2.23 bits per heavy atom. The van der Waals surface area contributed by atoms with Gasteiger partial charge in [-0.3, -0.25) is 0 Å². The highest BCUT2D eigenvalue weighted by Gasteiger charge is 2.34. The minimum absolute atomic E-state index is 0.368. The van der Waals surface area contributed by atoms with Crippen molar-refractivity contribution in [2.24, 2.45) is 9.98 Å². The van der Waals surface area contributed by atoms with Crippen LogP contribution in [0, 0.1) is 11.8 Å². The van der Waals surface area contributed by atoms with Crippen molar-refractivity contribution >= 4 is 12.2 Å². The predicted molar refractivity (Wildman–Crippen MR) is 45.4 cm³/mol. The SMILES string of the molecule is CC1(N=C=O)C#CCCC1N=C=O. The van der Waals surface area contributed by atoms with Crippen molar-refractivity contribution in [2.45, 2.75) is 31.3 Å².